The molecule has 144 valence electrons. The van der Waals surface area contributed by atoms with Crippen molar-refractivity contribution in [3.05, 3.63) is 35.6 Å². The van der Waals surface area contributed by atoms with Gasteiger partial charge in [0.25, 0.3) is 0 Å². The predicted molar refractivity (Wildman–Crippen MR) is 113 cm³/mol. The lowest BCUT2D eigenvalue weighted by Crippen LogP contribution is -2.47. The van der Waals surface area contributed by atoms with E-state index in [2.05, 4.69) is 15.6 Å². The van der Waals surface area contributed by atoms with E-state index in [1.54, 1.807) is 13.1 Å². The number of hydrogen-bond donors (Lipinski definition) is 2. The van der Waals surface area contributed by atoms with Crippen molar-refractivity contribution in [3.63, 3.8) is 0 Å². The van der Waals surface area contributed by atoms with Crippen LogP contribution in [0.25, 0.3) is 0 Å². The summed E-state index contributed by atoms with van der Waals surface area (Å²) in [6.07, 6.45) is 3.44. The maximum Gasteiger partial charge on any atom is 0.222 e. The van der Waals surface area contributed by atoms with Gasteiger partial charge in [0.15, 0.2) is 5.96 Å². The van der Waals surface area contributed by atoms with E-state index in [1.807, 2.05) is 24.0 Å². The molecule has 0 radical (unpaired) electrons. The first kappa shape index (κ1) is 20.9. The third-order valence-electron chi connectivity index (χ3n) is 5.30. The minimum Gasteiger partial charge on any atom is -0.356 e. The monoisotopic (exact) mass is 474 g/mol. The number of aliphatic imine (C=N–C) groups is 1. The molecular formula is C19H28FIN4O. The SMILES string of the molecule is CCC(=O)N1CCC(NC(=NC)NCC2(c3ccccc3F)CC2)C1.I. The van der Waals surface area contributed by atoms with Crippen LogP contribution >= 0.6 is 24.0 Å². The summed E-state index contributed by atoms with van der Waals surface area (Å²) in [4.78, 5) is 18.0. The molecule has 0 bridgehead atoms. The van der Waals surface area contributed by atoms with E-state index in [1.165, 1.54) is 6.07 Å². The molecule has 26 heavy (non-hydrogen) atoms. The standard InChI is InChI=1S/C19H27FN4O.HI/c1-3-17(25)24-11-8-14(12-24)23-18(21-2)22-13-19(9-10-19)15-6-4-5-7-16(15)20;/h4-7,14H,3,8-13H2,1-2H3,(H2,21,22,23);1H. The van der Waals surface area contributed by atoms with Crippen LogP contribution < -0.4 is 10.6 Å². The van der Waals surface area contributed by atoms with Crippen LogP contribution in [0, 0.1) is 5.82 Å². The molecule has 2 aliphatic rings. The molecule has 2 N–H and O–H groups in total. The van der Waals surface area contributed by atoms with Crippen molar-refractivity contribution in [2.75, 3.05) is 26.7 Å². The van der Waals surface area contributed by atoms with Crippen molar-refractivity contribution >= 4 is 35.8 Å². The summed E-state index contributed by atoms with van der Waals surface area (Å²) >= 11 is 0. The van der Waals surface area contributed by atoms with E-state index in [0.29, 0.717) is 19.5 Å². The van der Waals surface area contributed by atoms with Crippen LogP contribution in [0.2, 0.25) is 0 Å². The number of carbonyl (C=O) groups is 1. The summed E-state index contributed by atoms with van der Waals surface area (Å²) in [7, 11) is 1.74. The van der Waals surface area contributed by atoms with Crippen LogP contribution in [-0.4, -0.2) is 49.5 Å². The molecule has 2 fully saturated rings. The number of hydrogen-bond acceptors (Lipinski definition) is 2. The van der Waals surface area contributed by atoms with Crippen molar-refractivity contribution in [1.82, 2.24) is 15.5 Å². The Morgan fingerprint density at radius 3 is 2.73 bits per heavy atom. The fourth-order valence-corrected chi connectivity index (χ4v) is 3.55. The normalized spacial score (nSPS) is 21.1. The quantitative estimate of drug-likeness (QED) is 0.392. The molecule has 1 aromatic rings. The summed E-state index contributed by atoms with van der Waals surface area (Å²) in [5.41, 5.74) is 0.668. The van der Waals surface area contributed by atoms with Crippen LogP contribution in [0.5, 0.6) is 0 Å². The van der Waals surface area contributed by atoms with Crippen LogP contribution in [-0.2, 0) is 10.2 Å². The highest BCUT2D eigenvalue weighted by molar-refractivity contribution is 14.0. The number of rotatable bonds is 5. The number of halogens is 2. The molecule has 1 aromatic carbocycles. The molecule has 0 spiro atoms. The molecule has 5 nitrogen and oxygen atoms in total. The molecular weight excluding hydrogens is 446 g/mol. The Balaban J connectivity index is 0.00000243. The summed E-state index contributed by atoms with van der Waals surface area (Å²) < 4.78 is 14.1. The molecule has 1 aliphatic heterocycles. The lowest BCUT2D eigenvalue weighted by Gasteiger charge is -2.22. The lowest BCUT2D eigenvalue weighted by atomic mass is 9.95. The summed E-state index contributed by atoms with van der Waals surface area (Å²) in [5.74, 6) is 0.788. The molecule has 1 saturated carbocycles. The van der Waals surface area contributed by atoms with Crippen molar-refractivity contribution in [3.8, 4) is 0 Å². The van der Waals surface area contributed by atoms with Gasteiger partial charge >= 0.3 is 0 Å². The van der Waals surface area contributed by atoms with Crippen molar-refractivity contribution in [2.45, 2.75) is 44.1 Å². The van der Waals surface area contributed by atoms with Gasteiger partial charge in [-0.3, -0.25) is 9.79 Å². The zero-order valence-corrected chi connectivity index (χ0v) is 17.8. The zero-order chi connectivity index (χ0) is 17.9. The molecule has 1 heterocycles. The second-order valence-corrected chi connectivity index (χ2v) is 7.01. The summed E-state index contributed by atoms with van der Waals surface area (Å²) in [6.45, 7) is 4.06. The maximum atomic E-state index is 14.1. The topological polar surface area (TPSA) is 56.7 Å². The van der Waals surface area contributed by atoms with Gasteiger partial charge in [-0.15, -0.1) is 24.0 Å². The summed E-state index contributed by atoms with van der Waals surface area (Å²) in [5, 5.41) is 6.74. The largest absolute Gasteiger partial charge is 0.356 e. The predicted octanol–water partition coefficient (Wildman–Crippen LogP) is 2.65. The fourth-order valence-electron chi connectivity index (χ4n) is 3.55. The Labute approximate surface area is 171 Å². The van der Waals surface area contributed by atoms with Gasteiger partial charge in [-0.05, 0) is 30.9 Å². The van der Waals surface area contributed by atoms with E-state index < -0.39 is 0 Å². The number of likely N-dealkylation sites (tertiary alicyclic amines) is 1. The van der Waals surface area contributed by atoms with E-state index in [4.69, 9.17) is 0 Å². The number of carbonyl (C=O) groups excluding carboxylic acids is 1. The molecule has 3 rings (SSSR count). The molecule has 1 aliphatic carbocycles. The minimum absolute atomic E-state index is 0. The highest BCUT2D eigenvalue weighted by Gasteiger charge is 2.45. The van der Waals surface area contributed by atoms with Crippen molar-refractivity contribution in [2.24, 2.45) is 4.99 Å². The van der Waals surface area contributed by atoms with Gasteiger partial charge in [0.05, 0.1) is 0 Å². The number of nitrogens with one attached hydrogen (secondary N) is 2. The number of benzene rings is 1. The molecule has 1 unspecified atom stereocenters. The van der Waals surface area contributed by atoms with Crippen molar-refractivity contribution < 1.29 is 9.18 Å². The third kappa shape index (κ3) is 4.66. The molecule has 1 amide bonds. The van der Waals surface area contributed by atoms with E-state index >= 15 is 0 Å². The first-order valence-electron chi connectivity index (χ1n) is 9.08. The second-order valence-electron chi connectivity index (χ2n) is 7.01. The smallest absolute Gasteiger partial charge is 0.222 e. The third-order valence-corrected chi connectivity index (χ3v) is 5.30. The van der Waals surface area contributed by atoms with Gasteiger partial charge < -0.3 is 15.5 Å². The fraction of sp³-hybridized carbons (Fsp3) is 0.579. The lowest BCUT2D eigenvalue weighted by molar-refractivity contribution is -0.129. The number of guanidine groups is 1. The van der Waals surface area contributed by atoms with Crippen LogP contribution in [0.1, 0.15) is 38.2 Å². The number of nitrogens with zero attached hydrogens (tertiary/aromatic N) is 2. The van der Waals surface area contributed by atoms with Gasteiger partial charge in [-0.1, -0.05) is 25.1 Å². The van der Waals surface area contributed by atoms with Gasteiger partial charge in [0, 0.05) is 44.6 Å². The zero-order valence-electron chi connectivity index (χ0n) is 15.4. The molecule has 1 atom stereocenters. The van der Waals surface area contributed by atoms with E-state index in [0.717, 1.165) is 37.3 Å². The van der Waals surface area contributed by atoms with Crippen LogP contribution in [0.15, 0.2) is 29.3 Å². The molecule has 1 saturated heterocycles. The Morgan fingerprint density at radius 2 is 2.12 bits per heavy atom. The van der Waals surface area contributed by atoms with Crippen molar-refractivity contribution in [1.29, 1.82) is 0 Å². The Morgan fingerprint density at radius 1 is 1.38 bits per heavy atom. The highest BCUT2D eigenvalue weighted by Crippen LogP contribution is 2.48. The first-order chi connectivity index (χ1) is 12.1. The average Bonchev–Trinajstić information content (AvgIpc) is 3.27. The van der Waals surface area contributed by atoms with E-state index in [9.17, 15) is 9.18 Å². The van der Waals surface area contributed by atoms with Gasteiger partial charge in [0.1, 0.15) is 5.82 Å². The first-order valence-corrected chi connectivity index (χ1v) is 9.08. The second kappa shape index (κ2) is 9.01. The summed E-state index contributed by atoms with van der Waals surface area (Å²) in [6, 6.07) is 7.24. The van der Waals surface area contributed by atoms with Gasteiger partial charge in [-0.25, -0.2) is 4.39 Å². The minimum atomic E-state index is -0.130. The average molecular weight is 474 g/mol. The molecule has 7 heteroatoms. The molecule has 0 aromatic heterocycles. The Bertz CT molecular complexity index is 663. The maximum absolute atomic E-state index is 14.1. The van der Waals surface area contributed by atoms with E-state index in [-0.39, 0.29) is 47.2 Å². The van der Waals surface area contributed by atoms with Gasteiger partial charge in [0.2, 0.25) is 5.91 Å². The highest BCUT2D eigenvalue weighted by atomic mass is 127. The Kier molecular flexibility index (Phi) is 7.25. The van der Waals surface area contributed by atoms with Crippen LogP contribution in [0.4, 0.5) is 4.39 Å². The Hall–Kier alpha value is -1.38. The number of amides is 1. The van der Waals surface area contributed by atoms with Gasteiger partial charge in [-0.2, -0.15) is 0 Å². The van der Waals surface area contributed by atoms with Crippen LogP contribution in [0.3, 0.4) is 0 Å².